The third-order valence-electron chi connectivity index (χ3n) is 2.77. The number of hydrogen-bond donors (Lipinski definition) is 0. The Balaban J connectivity index is 1.93. The first-order chi connectivity index (χ1) is 6.40. The van der Waals surface area contributed by atoms with Gasteiger partial charge in [0.2, 0.25) is 0 Å². The molecule has 3 heterocycles. The number of nitrogens with zero attached hydrogens (tertiary/aromatic N) is 2. The summed E-state index contributed by atoms with van der Waals surface area (Å²) in [4.78, 5) is 7.41. The fraction of sp³-hybridized carbons (Fsp3) is 0.700. The number of hydrogen-bond acceptors (Lipinski definition) is 3. The monoisotopic (exact) mass is 178 g/mol. The molecule has 3 fully saturated rings. The van der Waals surface area contributed by atoms with Crippen LogP contribution in [0.1, 0.15) is 12.8 Å². The normalized spacial score (nSPS) is 34.5. The molecule has 0 aromatic carbocycles. The molecule has 0 aliphatic carbocycles. The molecule has 13 heavy (non-hydrogen) atoms. The van der Waals surface area contributed by atoms with Crippen molar-refractivity contribution in [2.75, 3.05) is 26.2 Å². The number of fused-ring (bicyclic) bond motifs is 3. The van der Waals surface area contributed by atoms with Crippen LogP contribution in [-0.2, 0) is 4.84 Å². The van der Waals surface area contributed by atoms with E-state index >= 15 is 0 Å². The van der Waals surface area contributed by atoms with Crippen LogP contribution >= 0.6 is 0 Å². The standard InChI is InChI=1S/C10H14N2O/c1-2-7-13-11-10-8-12-5-3-9(10)4-6-12/h1,9H,3-8H2/b11-10-. The van der Waals surface area contributed by atoms with E-state index < -0.39 is 0 Å². The lowest BCUT2D eigenvalue weighted by Gasteiger charge is -2.39. The first kappa shape index (κ1) is 8.58. The van der Waals surface area contributed by atoms with Crippen LogP contribution in [0.4, 0.5) is 0 Å². The van der Waals surface area contributed by atoms with Crippen LogP contribution in [0.3, 0.4) is 0 Å². The van der Waals surface area contributed by atoms with Gasteiger partial charge in [-0.2, -0.15) is 0 Å². The number of terminal acetylenes is 1. The summed E-state index contributed by atoms with van der Waals surface area (Å²) in [5, 5.41) is 4.09. The van der Waals surface area contributed by atoms with Gasteiger partial charge in [-0.15, -0.1) is 6.42 Å². The van der Waals surface area contributed by atoms with E-state index in [4.69, 9.17) is 11.3 Å². The smallest absolute Gasteiger partial charge is 0.177 e. The van der Waals surface area contributed by atoms with Crippen molar-refractivity contribution in [2.24, 2.45) is 11.1 Å². The second-order valence-electron chi connectivity index (χ2n) is 3.61. The van der Waals surface area contributed by atoms with Crippen molar-refractivity contribution < 1.29 is 4.84 Å². The second kappa shape index (κ2) is 3.80. The molecule has 3 heteroatoms. The van der Waals surface area contributed by atoms with E-state index in [2.05, 4.69) is 16.0 Å². The summed E-state index contributed by atoms with van der Waals surface area (Å²) in [6, 6.07) is 0. The van der Waals surface area contributed by atoms with Crippen molar-refractivity contribution in [3.63, 3.8) is 0 Å². The summed E-state index contributed by atoms with van der Waals surface area (Å²) in [7, 11) is 0. The molecule has 0 N–H and O–H groups in total. The van der Waals surface area contributed by atoms with Crippen LogP contribution in [0.2, 0.25) is 0 Å². The average molecular weight is 178 g/mol. The highest BCUT2D eigenvalue weighted by atomic mass is 16.6. The van der Waals surface area contributed by atoms with Gasteiger partial charge in [-0.3, -0.25) is 4.90 Å². The molecule has 0 amide bonds. The third-order valence-corrected chi connectivity index (χ3v) is 2.77. The van der Waals surface area contributed by atoms with Gasteiger partial charge in [0.1, 0.15) is 0 Å². The Bertz CT molecular complexity index is 246. The van der Waals surface area contributed by atoms with Crippen molar-refractivity contribution in [1.82, 2.24) is 4.90 Å². The minimum Gasteiger partial charge on any atom is -0.383 e. The highest BCUT2D eigenvalue weighted by Crippen LogP contribution is 2.25. The average Bonchev–Trinajstić information content (AvgIpc) is 2.20. The molecule has 0 spiro atoms. The predicted octanol–water partition coefficient (Wildman–Crippen LogP) is 0.718. The summed E-state index contributed by atoms with van der Waals surface area (Å²) >= 11 is 0. The lowest BCUT2D eigenvalue weighted by Crippen LogP contribution is -2.47. The number of rotatable bonds is 2. The molecule has 0 unspecified atom stereocenters. The Morgan fingerprint density at radius 1 is 1.54 bits per heavy atom. The number of oxime groups is 1. The summed E-state index contributed by atoms with van der Waals surface area (Å²) in [6.45, 7) is 3.71. The zero-order valence-electron chi connectivity index (χ0n) is 7.70. The molecule has 0 saturated carbocycles. The zero-order valence-corrected chi connectivity index (χ0v) is 7.70. The van der Waals surface area contributed by atoms with Gasteiger partial charge in [0.25, 0.3) is 0 Å². The molecule has 0 aromatic heterocycles. The van der Waals surface area contributed by atoms with Gasteiger partial charge in [-0.05, 0) is 25.9 Å². The first-order valence-electron chi connectivity index (χ1n) is 4.74. The van der Waals surface area contributed by atoms with Gasteiger partial charge < -0.3 is 4.84 Å². The molecule has 0 aromatic rings. The molecule has 2 bridgehead atoms. The summed E-state index contributed by atoms with van der Waals surface area (Å²) in [6.07, 6.45) is 7.53. The molecule has 3 aliphatic rings. The van der Waals surface area contributed by atoms with Crippen LogP contribution < -0.4 is 0 Å². The molecule has 0 radical (unpaired) electrons. The van der Waals surface area contributed by atoms with Crippen LogP contribution in [0.25, 0.3) is 0 Å². The Kier molecular flexibility index (Phi) is 2.51. The molecule has 3 aliphatic heterocycles. The van der Waals surface area contributed by atoms with E-state index in [1.54, 1.807) is 0 Å². The van der Waals surface area contributed by atoms with Crippen molar-refractivity contribution >= 4 is 5.71 Å². The minimum absolute atomic E-state index is 0.288. The van der Waals surface area contributed by atoms with Gasteiger partial charge in [0.15, 0.2) is 6.61 Å². The van der Waals surface area contributed by atoms with E-state index in [0.29, 0.717) is 5.92 Å². The van der Waals surface area contributed by atoms with E-state index in [1.807, 2.05) is 0 Å². The van der Waals surface area contributed by atoms with Crippen molar-refractivity contribution in [3.8, 4) is 12.3 Å². The molecular weight excluding hydrogens is 164 g/mol. The summed E-state index contributed by atoms with van der Waals surface area (Å²) in [5.74, 6) is 3.06. The van der Waals surface area contributed by atoms with E-state index in [-0.39, 0.29) is 6.61 Å². The van der Waals surface area contributed by atoms with Crippen molar-refractivity contribution in [2.45, 2.75) is 12.8 Å². The van der Waals surface area contributed by atoms with Crippen molar-refractivity contribution in [3.05, 3.63) is 0 Å². The molecule has 70 valence electrons. The fourth-order valence-electron chi connectivity index (χ4n) is 2.04. The van der Waals surface area contributed by atoms with Crippen LogP contribution in [0, 0.1) is 18.3 Å². The van der Waals surface area contributed by atoms with E-state index in [0.717, 1.165) is 6.54 Å². The van der Waals surface area contributed by atoms with Gasteiger partial charge in [-0.1, -0.05) is 11.1 Å². The first-order valence-corrected chi connectivity index (χ1v) is 4.74. The van der Waals surface area contributed by atoms with E-state index in [9.17, 15) is 0 Å². The lowest BCUT2D eigenvalue weighted by molar-refractivity contribution is 0.155. The Hall–Kier alpha value is -1.01. The van der Waals surface area contributed by atoms with Crippen LogP contribution in [0.5, 0.6) is 0 Å². The maximum Gasteiger partial charge on any atom is 0.177 e. The van der Waals surface area contributed by atoms with Gasteiger partial charge >= 0.3 is 0 Å². The highest BCUT2D eigenvalue weighted by Gasteiger charge is 2.31. The zero-order chi connectivity index (χ0) is 9.10. The van der Waals surface area contributed by atoms with Gasteiger partial charge in [0.05, 0.1) is 5.71 Å². The maximum atomic E-state index is 5.07. The van der Waals surface area contributed by atoms with Gasteiger partial charge in [-0.25, -0.2) is 0 Å². The minimum atomic E-state index is 0.288. The maximum absolute atomic E-state index is 5.07. The Morgan fingerprint density at radius 2 is 2.31 bits per heavy atom. The largest absolute Gasteiger partial charge is 0.383 e. The summed E-state index contributed by atoms with van der Waals surface area (Å²) < 4.78 is 0. The van der Waals surface area contributed by atoms with Crippen molar-refractivity contribution in [1.29, 1.82) is 0 Å². The van der Waals surface area contributed by atoms with Crippen LogP contribution in [-0.4, -0.2) is 36.9 Å². The molecular formula is C10H14N2O. The molecule has 0 atom stereocenters. The molecule has 3 saturated heterocycles. The topological polar surface area (TPSA) is 24.8 Å². The molecule has 3 nitrogen and oxygen atoms in total. The van der Waals surface area contributed by atoms with E-state index in [1.165, 1.54) is 31.6 Å². The quantitative estimate of drug-likeness (QED) is 0.353. The van der Waals surface area contributed by atoms with Gasteiger partial charge in [0, 0.05) is 12.5 Å². The second-order valence-corrected chi connectivity index (χ2v) is 3.61. The lowest BCUT2D eigenvalue weighted by atomic mass is 9.87. The fourth-order valence-corrected chi connectivity index (χ4v) is 2.04. The Morgan fingerprint density at radius 3 is 2.85 bits per heavy atom. The SMILES string of the molecule is C#CCO/N=C1/CN2CCC1CC2. The Labute approximate surface area is 78.7 Å². The summed E-state index contributed by atoms with van der Waals surface area (Å²) in [5.41, 5.74) is 1.19. The highest BCUT2D eigenvalue weighted by molar-refractivity contribution is 5.89. The number of piperidine rings is 3. The third kappa shape index (κ3) is 1.84. The predicted molar refractivity (Wildman–Crippen MR) is 51.4 cm³/mol. The molecule has 3 rings (SSSR count). The van der Waals surface area contributed by atoms with Crippen LogP contribution in [0.15, 0.2) is 5.16 Å².